The number of anilines is 1. The summed E-state index contributed by atoms with van der Waals surface area (Å²) in [6.45, 7) is 5.75. The van der Waals surface area contributed by atoms with Crippen LogP contribution in [-0.2, 0) is 0 Å². The van der Waals surface area contributed by atoms with Crippen molar-refractivity contribution in [3.05, 3.63) is 47.2 Å². The molecule has 0 aliphatic carbocycles. The zero-order valence-electron chi connectivity index (χ0n) is 17.7. The van der Waals surface area contributed by atoms with E-state index >= 15 is 0 Å². The van der Waals surface area contributed by atoms with Gasteiger partial charge in [-0.1, -0.05) is 24.1 Å². The molecule has 1 atom stereocenters. The van der Waals surface area contributed by atoms with Crippen LogP contribution in [0.15, 0.2) is 41.6 Å². The monoisotopic (exact) mass is 409 g/mol. The standard InChI is InChI=1S/C15H16N4OS.C7H11N/c1-5-9(2)19-8-17-12-11-10(18(3)4)6-7-16-14(11)21-13(12)15(19)20;1-4-6-7(5-2)8-3/h5-8H,1-4H3;2,4,6-8H,1,3H3/b9-5+;6-4-. The molecule has 0 saturated heterocycles. The van der Waals surface area contributed by atoms with Crippen LogP contribution in [0.1, 0.15) is 20.8 Å². The largest absolute Gasteiger partial charge is 0.377 e. The van der Waals surface area contributed by atoms with Crippen molar-refractivity contribution in [3.8, 4) is 12.3 Å². The fraction of sp³-hybridized carbons (Fsp3) is 0.318. The van der Waals surface area contributed by atoms with Gasteiger partial charge in [-0.15, -0.1) is 17.8 Å². The van der Waals surface area contributed by atoms with Gasteiger partial charge in [-0.25, -0.2) is 9.97 Å². The zero-order valence-corrected chi connectivity index (χ0v) is 18.5. The highest BCUT2D eigenvalue weighted by atomic mass is 32.1. The summed E-state index contributed by atoms with van der Waals surface area (Å²) in [5.41, 5.74) is 2.59. The van der Waals surface area contributed by atoms with Gasteiger partial charge in [0.25, 0.3) is 5.56 Å². The van der Waals surface area contributed by atoms with Gasteiger partial charge >= 0.3 is 0 Å². The van der Waals surface area contributed by atoms with Crippen molar-refractivity contribution in [2.75, 3.05) is 26.0 Å². The summed E-state index contributed by atoms with van der Waals surface area (Å²) >= 11 is 1.40. The van der Waals surface area contributed by atoms with Gasteiger partial charge in [0.05, 0.1) is 22.6 Å². The van der Waals surface area contributed by atoms with E-state index in [1.54, 1.807) is 17.1 Å². The maximum absolute atomic E-state index is 12.6. The molecule has 3 aromatic rings. The second-order valence-electron chi connectivity index (χ2n) is 6.49. The van der Waals surface area contributed by atoms with Gasteiger partial charge in [-0.2, -0.15) is 0 Å². The molecule has 1 unspecified atom stereocenters. The van der Waals surface area contributed by atoms with Crippen molar-refractivity contribution in [1.82, 2.24) is 19.9 Å². The SMILES string of the molecule is C#CC(/C=C\C)NC.C/C=C(\C)n1cnc2c(sc3nccc(N(C)C)c32)c1=O. The lowest BCUT2D eigenvalue weighted by Crippen LogP contribution is -2.19. The number of rotatable bonds is 4. The molecule has 0 aromatic carbocycles. The quantitative estimate of drug-likeness (QED) is 0.525. The van der Waals surface area contributed by atoms with Crippen molar-refractivity contribution in [2.45, 2.75) is 26.8 Å². The van der Waals surface area contributed by atoms with Crippen molar-refractivity contribution < 1.29 is 0 Å². The number of allylic oxidation sites excluding steroid dienone is 3. The Morgan fingerprint density at radius 1 is 1.38 bits per heavy atom. The minimum absolute atomic E-state index is 0.0386. The molecule has 3 aromatic heterocycles. The molecule has 0 radical (unpaired) electrons. The molecule has 0 saturated carbocycles. The van der Waals surface area contributed by atoms with Gasteiger partial charge in [-0.3, -0.25) is 9.36 Å². The molecule has 0 amide bonds. The first-order chi connectivity index (χ1) is 13.9. The van der Waals surface area contributed by atoms with Gasteiger partial charge < -0.3 is 10.2 Å². The lowest BCUT2D eigenvalue weighted by molar-refractivity contribution is 0.811. The highest BCUT2D eigenvalue weighted by molar-refractivity contribution is 7.25. The number of nitrogens with one attached hydrogen (secondary N) is 1. The van der Waals surface area contributed by atoms with Gasteiger partial charge in [0.2, 0.25) is 0 Å². The highest BCUT2D eigenvalue weighted by Gasteiger charge is 2.16. The maximum Gasteiger partial charge on any atom is 0.275 e. The first-order valence-electron chi connectivity index (χ1n) is 9.25. The highest BCUT2D eigenvalue weighted by Crippen LogP contribution is 2.35. The number of fused-ring (bicyclic) bond motifs is 3. The maximum atomic E-state index is 12.6. The van der Waals surface area contributed by atoms with Crippen molar-refractivity contribution in [3.63, 3.8) is 0 Å². The van der Waals surface area contributed by atoms with Gasteiger partial charge in [-0.05, 0) is 33.9 Å². The molecular formula is C22H27N5OS. The van der Waals surface area contributed by atoms with Crippen LogP contribution < -0.4 is 15.8 Å². The second kappa shape index (κ2) is 10.0. The average molecular weight is 410 g/mol. The molecule has 0 fully saturated rings. The lowest BCUT2D eigenvalue weighted by atomic mass is 10.2. The third kappa shape index (κ3) is 4.73. The Hall–Kier alpha value is -2.95. The summed E-state index contributed by atoms with van der Waals surface area (Å²) in [5.74, 6) is 2.55. The van der Waals surface area contributed by atoms with Crippen LogP contribution in [0.4, 0.5) is 5.69 Å². The fourth-order valence-corrected chi connectivity index (χ4v) is 3.77. The van der Waals surface area contributed by atoms with Crippen LogP contribution in [-0.4, -0.2) is 41.7 Å². The Bertz CT molecular complexity index is 1150. The molecule has 0 aliphatic rings. The Kier molecular flexibility index (Phi) is 7.71. The molecule has 152 valence electrons. The number of thiophene rings is 1. The minimum Gasteiger partial charge on any atom is -0.377 e. The van der Waals surface area contributed by atoms with Crippen LogP contribution >= 0.6 is 11.3 Å². The normalized spacial score (nSPS) is 12.7. The number of hydrogen-bond donors (Lipinski definition) is 1. The predicted octanol–water partition coefficient (Wildman–Crippen LogP) is 3.74. The fourth-order valence-electron chi connectivity index (χ4n) is 2.73. The second-order valence-corrected chi connectivity index (χ2v) is 7.49. The summed E-state index contributed by atoms with van der Waals surface area (Å²) in [7, 11) is 5.79. The Labute approximate surface area is 175 Å². The van der Waals surface area contributed by atoms with E-state index < -0.39 is 0 Å². The molecule has 3 heterocycles. The van der Waals surface area contributed by atoms with Gasteiger partial charge in [0.15, 0.2) is 0 Å². The van der Waals surface area contributed by atoms with E-state index in [2.05, 4.69) is 21.2 Å². The Balaban J connectivity index is 0.000000321. The summed E-state index contributed by atoms with van der Waals surface area (Å²) in [5, 5.41) is 3.88. The predicted molar refractivity (Wildman–Crippen MR) is 126 cm³/mol. The van der Waals surface area contributed by atoms with Crippen LogP contribution in [0.25, 0.3) is 26.1 Å². The van der Waals surface area contributed by atoms with Crippen LogP contribution in [0.2, 0.25) is 0 Å². The molecule has 6 nitrogen and oxygen atoms in total. The van der Waals surface area contributed by atoms with E-state index in [0.717, 1.165) is 27.1 Å². The Morgan fingerprint density at radius 3 is 2.62 bits per heavy atom. The number of hydrogen-bond acceptors (Lipinski definition) is 6. The van der Waals surface area contributed by atoms with E-state index in [1.165, 1.54) is 11.3 Å². The van der Waals surface area contributed by atoms with Crippen LogP contribution in [0.5, 0.6) is 0 Å². The van der Waals surface area contributed by atoms with Gasteiger partial charge in [0.1, 0.15) is 15.9 Å². The Morgan fingerprint density at radius 2 is 2.10 bits per heavy atom. The van der Waals surface area contributed by atoms with Crippen molar-refractivity contribution in [2.24, 2.45) is 0 Å². The topological polar surface area (TPSA) is 63.1 Å². The molecule has 7 heteroatoms. The van der Waals surface area contributed by atoms with E-state index in [4.69, 9.17) is 6.42 Å². The number of terminal acetylenes is 1. The lowest BCUT2D eigenvalue weighted by Gasteiger charge is -2.13. The molecule has 3 rings (SSSR count). The summed E-state index contributed by atoms with van der Waals surface area (Å²) < 4.78 is 2.23. The molecule has 0 spiro atoms. The molecule has 1 N–H and O–H groups in total. The van der Waals surface area contributed by atoms with Crippen LogP contribution in [0.3, 0.4) is 0 Å². The molecule has 29 heavy (non-hydrogen) atoms. The summed E-state index contributed by atoms with van der Waals surface area (Å²) in [4.78, 5) is 24.4. The zero-order chi connectivity index (χ0) is 21.6. The van der Waals surface area contributed by atoms with E-state index in [0.29, 0.717) is 4.70 Å². The van der Waals surface area contributed by atoms with Crippen molar-refractivity contribution >= 4 is 43.2 Å². The summed E-state index contributed by atoms with van der Waals surface area (Å²) in [6.07, 6.45) is 14.2. The van der Waals surface area contributed by atoms with E-state index in [9.17, 15) is 4.79 Å². The third-order valence-electron chi connectivity index (χ3n) is 4.42. The number of likely N-dealkylation sites (N-methyl/N-ethyl adjacent to an activating group) is 1. The number of nitrogens with zero attached hydrogens (tertiary/aromatic N) is 4. The average Bonchev–Trinajstić information content (AvgIpc) is 3.12. The molecule has 0 bridgehead atoms. The van der Waals surface area contributed by atoms with Crippen LogP contribution in [0, 0.1) is 12.3 Å². The molecule has 0 aliphatic heterocycles. The van der Waals surface area contributed by atoms with E-state index in [1.807, 2.05) is 71.1 Å². The number of pyridine rings is 1. The molecular weight excluding hydrogens is 382 g/mol. The number of aromatic nitrogens is 3. The first kappa shape index (κ1) is 22.3. The first-order valence-corrected chi connectivity index (χ1v) is 10.1. The minimum atomic E-state index is -0.0386. The summed E-state index contributed by atoms with van der Waals surface area (Å²) in [6, 6.07) is 2.04. The third-order valence-corrected chi connectivity index (χ3v) is 5.49. The van der Waals surface area contributed by atoms with Crippen molar-refractivity contribution in [1.29, 1.82) is 0 Å². The smallest absolute Gasteiger partial charge is 0.275 e. The van der Waals surface area contributed by atoms with E-state index in [-0.39, 0.29) is 11.6 Å². The van der Waals surface area contributed by atoms with Gasteiger partial charge in [0, 0.05) is 26.0 Å².